The zero-order valence-corrected chi connectivity index (χ0v) is 13.5. The predicted octanol–water partition coefficient (Wildman–Crippen LogP) is 4.28. The van der Waals surface area contributed by atoms with Crippen LogP contribution in [-0.4, -0.2) is 23.6 Å². The summed E-state index contributed by atoms with van der Waals surface area (Å²) in [4.78, 5) is 2.14. The van der Waals surface area contributed by atoms with Gasteiger partial charge in [0.2, 0.25) is 0 Å². The number of rotatable bonds is 0. The van der Waals surface area contributed by atoms with Gasteiger partial charge in [-0.05, 0) is 41.7 Å². The molecule has 120 valence electrons. The third kappa shape index (κ3) is 1.72. The number of benzene rings is 1. The van der Waals surface area contributed by atoms with Gasteiger partial charge in [-0.15, -0.1) is 0 Å². The lowest BCUT2D eigenvalue weighted by molar-refractivity contribution is 0.132. The van der Waals surface area contributed by atoms with Crippen LogP contribution in [0.4, 0.5) is 8.78 Å². The molecule has 1 atom stereocenters. The van der Waals surface area contributed by atoms with Gasteiger partial charge < -0.3 is 10.0 Å². The van der Waals surface area contributed by atoms with Crippen molar-refractivity contribution in [3.05, 3.63) is 58.3 Å². The van der Waals surface area contributed by atoms with Crippen LogP contribution in [0.1, 0.15) is 31.4 Å². The summed E-state index contributed by atoms with van der Waals surface area (Å²) in [6, 6.07) is 3.11. The highest BCUT2D eigenvalue weighted by molar-refractivity contribution is 5.79. The molecule has 1 saturated heterocycles. The maximum atomic E-state index is 14.6. The molecule has 2 nitrogen and oxygen atoms in total. The topological polar surface area (TPSA) is 23.5 Å². The molecular formula is C19H19F2NO. The van der Waals surface area contributed by atoms with Gasteiger partial charge in [-0.25, -0.2) is 8.78 Å². The molecule has 1 heterocycles. The van der Waals surface area contributed by atoms with Crippen LogP contribution in [0, 0.1) is 11.2 Å². The monoisotopic (exact) mass is 315 g/mol. The minimum Gasteiger partial charge on any atom is -0.505 e. The number of allylic oxidation sites excluding steroid dienone is 4. The zero-order valence-electron chi connectivity index (χ0n) is 13.5. The zero-order chi connectivity index (χ0) is 16.6. The highest BCUT2D eigenvalue weighted by Crippen LogP contribution is 2.60. The third-order valence-electron chi connectivity index (χ3n) is 5.27. The standard InChI is InChI=1S/C19H19F2NO/c1-18(2)9-19-12-4-6-15(23)17(21)11(12)8-13(19)14(20)5-7-16(19)22(3)10-18/h4-8,23H,9-10H2,1-3H3. The number of phenolic OH excluding ortho intramolecular Hbond substituents is 1. The second-order valence-electron chi connectivity index (χ2n) is 7.59. The Morgan fingerprint density at radius 2 is 1.91 bits per heavy atom. The number of nitrogens with zero attached hydrogens (tertiary/aromatic N) is 1. The molecule has 1 spiro atoms. The van der Waals surface area contributed by atoms with E-state index in [1.165, 1.54) is 12.1 Å². The van der Waals surface area contributed by atoms with Crippen molar-refractivity contribution in [2.75, 3.05) is 13.6 Å². The number of halogens is 2. The first-order valence-corrected chi connectivity index (χ1v) is 7.80. The van der Waals surface area contributed by atoms with Crippen molar-refractivity contribution >= 4 is 6.08 Å². The first-order chi connectivity index (χ1) is 10.8. The van der Waals surface area contributed by atoms with Crippen molar-refractivity contribution in [2.24, 2.45) is 5.41 Å². The van der Waals surface area contributed by atoms with E-state index in [0.29, 0.717) is 17.6 Å². The average Bonchev–Trinajstić information content (AvgIpc) is 2.77. The van der Waals surface area contributed by atoms with E-state index >= 15 is 0 Å². The van der Waals surface area contributed by atoms with Crippen LogP contribution >= 0.6 is 0 Å². The van der Waals surface area contributed by atoms with E-state index in [1.54, 1.807) is 12.1 Å². The molecule has 1 aromatic rings. The Kier molecular flexibility index (Phi) is 2.68. The van der Waals surface area contributed by atoms with Gasteiger partial charge in [0.05, 0.1) is 5.41 Å². The quantitative estimate of drug-likeness (QED) is 0.772. The Morgan fingerprint density at radius 1 is 1.17 bits per heavy atom. The molecule has 1 fully saturated rings. The van der Waals surface area contributed by atoms with Crippen molar-refractivity contribution in [2.45, 2.75) is 25.7 Å². The third-order valence-corrected chi connectivity index (χ3v) is 5.27. The summed E-state index contributed by atoms with van der Waals surface area (Å²) < 4.78 is 29.1. The second-order valence-corrected chi connectivity index (χ2v) is 7.59. The maximum absolute atomic E-state index is 14.6. The fourth-order valence-corrected chi connectivity index (χ4v) is 4.68. The van der Waals surface area contributed by atoms with Crippen LogP contribution in [0.25, 0.3) is 6.08 Å². The molecule has 1 aromatic carbocycles. The molecule has 23 heavy (non-hydrogen) atoms. The van der Waals surface area contributed by atoms with Gasteiger partial charge in [-0.3, -0.25) is 0 Å². The Labute approximate surface area is 134 Å². The van der Waals surface area contributed by atoms with Crippen molar-refractivity contribution < 1.29 is 13.9 Å². The van der Waals surface area contributed by atoms with Crippen LogP contribution < -0.4 is 0 Å². The molecule has 0 amide bonds. The summed E-state index contributed by atoms with van der Waals surface area (Å²) in [5.41, 5.74) is 1.85. The van der Waals surface area contributed by atoms with Crippen molar-refractivity contribution in [3.63, 3.8) is 0 Å². The van der Waals surface area contributed by atoms with Crippen molar-refractivity contribution in [1.82, 2.24) is 4.90 Å². The SMILES string of the molecule is CN1CC(C)(C)CC23C(=Cc4c2ccc(O)c4F)C(F)=CC=C13. The summed E-state index contributed by atoms with van der Waals surface area (Å²) in [5, 5.41) is 9.69. The molecule has 4 rings (SSSR count). The van der Waals surface area contributed by atoms with Gasteiger partial charge in [-0.2, -0.15) is 0 Å². The number of likely N-dealkylation sites (N-methyl/N-ethyl adjacent to an activating group) is 1. The summed E-state index contributed by atoms with van der Waals surface area (Å²) in [7, 11) is 2.00. The van der Waals surface area contributed by atoms with Gasteiger partial charge in [0, 0.05) is 30.4 Å². The van der Waals surface area contributed by atoms with E-state index < -0.39 is 17.0 Å². The highest BCUT2D eigenvalue weighted by atomic mass is 19.1. The van der Waals surface area contributed by atoms with Crippen LogP contribution in [-0.2, 0) is 5.41 Å². The predicted molar refractivity (Wildman–Crippen MR) is 86.0 cm³/mol. The molecule has 4 heteroatoms. The molecule has 1 aliphatic heterocycles. The van der Waals surface area contributed by atoms with Gasteiger partial charge >= 0.3 is 0 Å². The molecule has 1 unspecified atom stereocenters. The van der Waals surface area contributed by atoms with Gasteiger partial charge in [0.25, 0.3) is 0 Å². The van der Waals surface area contributed by atoms with E-state index in [2.05, 4.69) is 18.7 Å². The van der Waals surface area contributed by atoms with E-state index in [4.69, 9.17) is 0 Å². The Bertz CT molecular complexity index is 819. The number of likely N-dealkylation sites (tertiary alicyclic amines) is 1. The molecular weight excluding hydrogens is 296 g/mol. The minimum atomic E-state index is -0.669. The second kappa shape index (κ2) is 4.25. The van der Waals surface area contributed by atoms with Crippen LogP contribution in [0.5, 0.6) is 5.75 Å². The number of fused-ring (bicyclic) bond motifs is 1. The van der Waals surface area contributed by atoms with Crippen LogP contribution in [0.2, 0.25) is 0 Å². The maximum Gasteiger partial charge on any atom is 0.172 e. The van der Waals surface area contributed by atoms with E-state index in [9.17, 15) is 13.9 Å². The molecule has 2 aliphatic carbocycles. The number of phenols is 1. The first-order valence-electron chi connectivity index (χ1n) is 7.80. The lowest BCUT2D eigenvalue weighted by Gasteiger charge is -2.52. The summed E-state index contributed by atoms with van der Waals surface area (Å²) in [5.74, 6) is -1.39. The highest BCUT2D eigenvalue weighted by Gasteiger charge is 2.54. The van der Waals surface area contributed by atoms with Crippen LogP contribution in [0.3, 0.4) is 0 Å². The van der Waals surface area contributed by atoms with E-state index in [-0.39, 0.29) is 11.2 Å². The number of aromatic hydroxyl groups is 1. The van der Waals surface area contributed by atoms with Crippen molar-refractivity contribution in [1.29, 1.82) is 0 Å². The lowest BCUT2D eigenvalue weighted by Crippen LogP contribution is -2.50. The van der Waals surface area contributed by atoms with Gasteiger partial charge in [0.15, 0.2) is 11.6 Å². The lowest BCUT2D eigenvalue weighted by atomic mass is 9.60. The van der Waals surface area contributed by atoms with Crippen LogP contribution in [0.15, 0.2) is 41.4 Å². The Balaban J connectivity index is 2.06. The average molecular weight is 315 g/mol. The molecule has 0 saturated carbocycles. The Hall–Kier alpha value is -2.10. The molecule has 3 aliphatic rings. The fraction of sp³-hybridized carbons (Fsp3) is 0.368. The van der Waals surface area contributed by atoms with Crippen molar-refractivity contribution in [3.8, 4) is 5.75 Å². The molecule has 0 aromatic heterocycles. The largest absolute Gasteiger partial charge is 0.505 e. The summed E-state index contributed by atoms with van der Waals surface area (Å²) in [6.45, 7) is 5.16. The fourth-order valence-electron chi connectivity index (χ4n) is 4.68. The van der Waals surface area contributed by atoms with Gasteiger partial charge in [-0.1, -0.05) is 19.9 Å². The van der Waals surface area contributed by atoms with E-state index in [1.807, 2.05) is 13.1 Å². The minimum absolute atomic E-state index is 0.0429. The number of hydrogen-bond acceptors (Lipinski definition) is 2. The van der Waals surface area contributed by atoms with Gasteiger partial charge in [0.1, 0.15) is 5.83 Å². The smallest absolute Gasteiger partial charge is 0.172 e. The summed E-state index contributed by atoms with van der Waals surface area (Å²) >= 11 is 0. The summed E-state index contributed by atoms with van der Waals surface area (Å²) in [6.07, 6.45) is 5.54. The molecule has 0 radical (unpaired) electrons. The first kappa shape index (κ1) is 14.5. The van der Waals surface area contributed by atoms with E-state index in [0.717, 1.165) is 17.8 Å². The normalized spacial score (nSPS) is 27.5. The molecule has 0 bridgehead atoms. The number of hydrogen-bond donors (Lipinski definition) is 1. The Morgan fingerprint density at radius 3 is 2.65 bits per heavy atom. The number of piperidine rings is 1. The molecule has 1 N–H and O–H groups in total.